The Bertz CT molecular complexity index is 1330. The Balaban J connectivity index is 1.19. The third kappa shape index (κ3) is 4.88. The normalized spacial score (nSPS) is 14.7. The average Bonchev–Trinajstić information content (AvgIpc) is 3.49. The number of nitrogen functional groups attached to an aromatic ring is 1. The lowest BCUT2D eigenvalue weighted by atomic mass is 10.2. The van der Waals surface area contributed by atoms with Crippen molar-refractivity contribution < 1.29 is 9.47 Å². The molecular formula is C23H28ClN9O2. The maximum absolute atomic E-state index is 6.12. The Hall–Kier alpha value is -3.41. The third-order valence-corrected chi connectivity index (χ3v) is 6.27. The number of nitrogens with zero attached hydrogens (tertiary/aromatic N) is 8. The fourth-order valence-electron chi connectivity index (χ4n) is 4.20. The summed E-state index contributed by atoms with van der Waals surface area (Å²) >= 11 is 5.97. The van der Waals surface area contributed by atoms with Crippen LogP contribution in [0.15, 0.2) is 37.0 Å². The molecule has 11 nitrogen and oxygen atoms in total. The van der Waals surface area contributed by atoms with E-state index in [9.17, 15) is 0 Å². The number of halogens is 1. The molecule has 12 heteroatoms. The van der Waals surface area contributed by atoms with Gasteiger partial charge in [0.05, 0.1) is 29.8 Å². The number of aromatic nitrogens is 6. The molecule has 0 atom stereocenters. The first kappa shape index (κ1) is 23.3. The van der Waals surface area contributed by atoms with E-state index in [1.165, 1.54) is 10.2 Å². The van der Waals surface area contributed by atoms with Crippen molar-refractivity contribution in [2.45, 2.75) is 6.54 Å². The smallest absolute Gasteiger partial charge is 0.225 e. The van der Waals surface area contributed by atoms with Crippen LogP contribution in [0.1, 0.15) is 5.82 Å². The van der Waals surface area contributed by atoms with Gasteiger partial charge in [-0.15, -0.1) is 5.10 Å². The Labute approximate surface area is 207 Å². The van der Waals surface area contributed by atoms with Gasteiger partial charge in [0.15, 0.2) is 17.1 Å². The standard InChI is InChI=1S/C23H28ClN9O2/c1-16(24)20-27-22-19-15-26-32(21(19)28-23(25)33(22)29-20)12-9-30-7-10-31(11-8-30)17-3-5-18(6-4-17)35-14-13-34-2/h3-6,15H,1,7-14H2,2H3,(H2,25,28). The van der Waals surface area contributed by atoms with Crippen LogP contribution < -0.4 is 15.4 Å². The Kier molecular flexibility index (Phi) is 6.71. The number of ether oxygens (including phenoxy) is 2. The summed E-state index contributed by atoms with van der Waals surface area (Å²) < 4.78 is 14.0. The lowest BCUT2D eigenvalue weighted by Gasteiger charge is -2.36. The Morgan fingerprint density at radius 1 is 1.06 bits per heavy atom. The highest BCUT2D eigenvalue weighted by Crippen LogP contribution is 2.23. The van der Waals surface area contributed by atoms with E-state index in [1.54, 1.807) is 13.3 Å². The van der Waals surface area contributed by atoms with Gasteiger partial charge in [-0.3, -0.25) is 4.90 Å². The molecule has 1 saturated heterocycles. The second-order valence-electron chi connectivity index (χ2n) is 8.31. The van der Waals surface area contributed by atoms with Gasteiger partial charge in [-0.1, -0.05) is 18.2 Å². The van der Waals surface area contributed by atoms with Crippen LogP contribution in [0.5, 0.6) is 5.75 Å². The number of hydrogen-bond acceptors (Lipinski definition) is 9. The van der Waals surface area contributed by atoms with Gasteiger partial charge in [0.25, 0.3) is 0 Å². The SMILES string of the molecule is C=C(Cl)c1nc2c3cnn(CCN4CCN(c5ccc(OCCOC)cc5)CC4)c3nc(N)n2n1. The molecule has 0 bridgehead atoms. The van der Waals surface area contributed by atoms with Crippen LogP contribution in [-0.2, 0) is 11.3 Å². The van der Waals surface area contributed by atoms with Gasteiger partial charge in [0, 0.05) is 45.5 Å². The molecule has 4 aromatic rings. The van der Waals surface area contributed by atoms with Crippen molar-refractivity contribution >= 4 is 44.9 Å². The molecule has 1 aliphatic heterocycles. The minimum atomic E-state index is 0.231. The van der Waals surface area contributed by atoms with Crippen LogP contribution >= 0.6 is 11.6 Å². The number of rotatable bonds is 9. The summed E-state index contributed by atoms with van der Waals surface area (Å²) in [5.74, 6) is 1.42. The molecule has 1 aromatic carbocycles. The zero-order valence-corrected chi connectivity index (χ0v) is 20.4. The van der Waals surface area contributed by atoms with Gasteiger partial charge in [0.1, 0.15) is 12.4 Å². The molecule has 184 valence electrons. The highest BCUT2D eigenvalue weighted by molar-refractivity contribution is 6.47. The molecule has 1 aliphatic rings. The van der Waals surface area contributed by atoms with Crippen molar-refractivity contribution in [2.24, 2.45) is 0 Å². The number of anilines is 2. The van der Waals surface area contributed by atoms with E-state index in [4.69, 9.17) is 26.8 Å². The fraction of sp³-hybridized carbons (Fsp3) is 0.391. The highest BCUT2D eigenvalue weighted by Gasteiger charge is 2.19. The maximum Gasteiger partial charge on any atom is 0.225 e. The number of benzene rings is 1. The molecule has 0 radical (unpaired) electrons. The largest absolute Gasteiger partial charge is 0.491 e. The van der Waals surface area contributed by atoms with Crippen LogP contribution in [0.2, 0.25) is 0 Å². The first-order valence-electron chi connectivity index (χ1n) is 11.4. The average molecular weight is 498 g/mol. The van der Waals surface area contributed by atoms with Crippen LogP contribution in [0.3, 0.4) is 0 Å². The van der Waals surface area contributed by atoms with E-state index in [0.29, 0.717) is 36.9 Å². The minimum Gasteiger partial charge on any atom is -0.491 e. The first-order chi connectivity index (χ1) is 17.0. The summed E-state index contributed by atoms with van der Waals surface area (Å²) in [6, 6.07) is 8.24. The monoisotopic (exact) mass is 497 g/mol. The second kappa shape index (κ2) is 10.1. The molecular weight excluding hydrogens is 470 g/mol. The second-order valence-corrected chi connectivity index (χ2v) is 8.77. The van der Waals surface area contributed by atoms with E-state index in [2.05, 4.69) is 48.7 Å². The summed E-state index contributed by atoms with van der Waals surface area (Å²) in [6.07, 6.45) is 1.74. The highest BCUT2D eigenvalue weighted by atomic mass is 35.5. The van der Waals surface area contributed by atoms with E-state index in [-0.39, 0.29) is 11.0 Å². The number of piperazine rings is 1. The molecule has 0 aliphatic carbocycles. The lowest BCUT2D eigenvalue weighted by Crippen LogP contribution is -2.47. The molecule has 5 rings (SSSR count). The first-order valence-corrected chi connectivity index (χ1v) is 11.8. The van der Waals surface area contributed by atoms with E-state index in [1.807, 2.05) is 16.8 Å². The van der Waals surface area contributed by atoms with Crippen LogP contribution in [0.4, 0.5) is 11.6 Å². The molecule has 4 heterocycles. The topological polar surface area (TPSA) is 112 Å². The molecule has 35 heavy (non-hydrogen) atoms. The predicted octanol–water partition coefficient (Wildman–Crippen LogP) is 2.11. The van der Waals surface area contributed by atoms with Gasteiger partial charge in [-0.05, 0) is 24.3 Å². The number of hydrogen-bond donors (Lipinski definition) is 1. The summed E-state index contributed by atoms with van der Waals surface area (Å²) in [5.41, 5.74) is 8.58. The summed E-state index contributed by atoms with van der Waals surface area (Å²) in [7, 11) is 1.67. The van der Waals surface area contributed by atoms with Crippen LogP contribution in [0.25, 0.3) is 21.7 Å². The lowest BCUT2D eigenvalue weighted by molar-refractivity contribution is 0.146. The Morgan fingerprint density at radius 3 is 2.54 bits per heavy atom. The van der Waals surface area contributed by atoms with Gasteiger partial charge in [0.2, 0.25) is 5.95 Å². The molecule has 1 fully saturated rings. The number of nitrogens with two attached hydrogens (primary N) is 1. The zero-order valence-electron chi connectivity index (χ0n) is 19.6. The van der Waals surface area contributed by atoms with Gasteiger partial charge in [-0.25, -0.2) is 9.67 Å². The van der Waals surface area contributed by atoms with E-state index in [0.717, 1.165) is 43.9 Å². The van der Waals surface area contributed by atoms with Crippen molar-refractivity contribution in [2.75, 3.05) is 63.7 Å². The maximum atomic E-state index is 6.12. The van der Waals surface area contributed by atoms with E-state index >= 15 is 0 Å². The van der Waals surface area contributed by atoms with Crippen molar-refractivity contribution in [3.8, 4) is 5.75 Å². The third-order valence-electron chi connectivity index (χ3n) is 6.10. The van der Waals surface area contributed by atoms with Crippen molar-refractivity contribution in [3.05, 3.63) is 42.9 Å². The van der Waals surface area contributed by atoms with Crippen LogP contribution in [-0.4, -0.2) is 87.3 Å². The summed E-state index contributed by atoms with van der Waals surface area (Å²) in [5, 5.41) is 9.82. The number of fused-ring (bicyclic) bond motifs is 3. The summed E-state index contributed by atoms with van der Waals surface area (Å²) in [4.78, 5) is 13.8. The molecule has 0 unspecified atom stereocenters. The Morgan fingerprint density at radius 2 is 1.83 bits per heavy atom. The molecule has 0 spiro atoms. The van der Waals surface area contributed by atoms with Gasteiger partial charge < -0.3 is 20.1 Å². The molecule has 0 saturated carbocycles. The van der Waals surface area contributed by atoms with Crippen molar-refractivity contribution in [3.63, 3.8) is 0 Å². The zero-order chi connectivity index (χ0) is 24.4. The molecule has 3 aromatic heterocycles. The van der Waals surface area contributed by atoms with Crippen LogP contribution in [0, 0.1) is 0 Å². The van der Waals surface area contributed by atoms with E-state index < -0.39 is 0 Å². The van der Waals surface area contributed by atoms with Crippen molar-refractivity contribution in [1.82, 2.24) is 34.3 Å². The number of methoxy groups -OCH3 is 1. The quantitative estimate of drug-likeness (QED) is 0.347. The molecule has 2 N–H and O–H groups in total. The van der Waals surface area contributed by atoms with Crippen molar-refractivity contribution in [1.29, 1.82) is 0 Å². The summed E-state index contributed by atoms with van der Waals surface area (Å²) in [6.45, 7) is 10.2. The van der Waals surface area contributed by atoms with Gasteiger partial charge >= 0.3 is 0 Å². The molecule has 0 amide bonds. The fourth-order valence-corrected chi connectivity index (χ4v) is 4.28. The minimum absolute atomic E-state index is 0.231. The predicted molar refractivity (Wildman–Crippen MR) is 136 cm³/mol. The van der Waals surface area contributed by atoms with Gasteiger partial charge in [-0.2, -0.15) is 14.6 Å².